The van der Waals surface area contributed by atoms with E-state index in [9.17, 15) is 9.59 Å². The number of unbranched alkanes of at least 4 members (excludes halogenated alkanes) is 11. The zero-order valence-corrected chi connectivity index (χ0v) is 19.1. The number of aromatic nitrogens is 3. The van der Waals surface area contributed by atoms with Gasteiger partial charge in [-0.2, -0.15) is 0 Å². The first-order valence-electron chi connectivity index (χ1n) is 11.9. The van der Waals surface area contributed by atoms with Gasteiger partial charge in [-0.3, -0.25) is 4.79 Å². The average Bonchev–Trinajstić information content (AvgIpc) is 3.17. The highest BCUT2D eigenvalue weighted by Crippen LogP contribution is 2.12. The number of carbonyl (C=O) groups excluding carboxylic acids is 2. The fourth-order valence-electron chi connectivity index (χ4n) is 3.58. The van der Waals surface area contributed by atoms with Crippen LogP contribution in [0.25, 0.3) is 11.0 Å². The number of amides is 1. The molecular formula is C24H38N4O3. The van der Waals surface area contributed by atoms with E-state index < -0.39 is 12.0 Å². The second-order valence-electron chi connectivity index (χ2n) is 8.29. The van der Waals surface area contributed by atoms with Crippen molar-refractivity contribution in [1.29, 1.82) is 0 Å². The second kappa shape index (κ2) is 14.5. The van der Waals surface area contributed by atoms with E-state index in [-0.39, 0.29) is 5.91 Å². The van der Waals surface area contributed by atoms with Crippen molar-refractivity contribution in [3.05, 3.63) is 24.3 Å². The van der Waals surface area contributed by atoms with Crippen molar-refractivity contribution in [2.45, 2.75) is 103 Å². The Kier molecular flexibility index (Phi) is 11.6. The molecule has 1 heterocycles. The molecular weight excluding hydrogens is 392 g/mol. The summed E-state index contributed by atoms with van der Waals surface area (Å²) in [6.07, 6.45) is 15.5. The minimum atomic E-state index is -0.743. The van der Waals surface area contributed by atoms with Gasteiger partial charge in [0.05, 0.1) is 0 Å². The topological polar surface area (TPSA) is 86.1 Å². The van der Waals surface area contributed by atoms with Crippen molar-refractivity contribution in [3.63, 3.8) is 0 Å². The van der Waals surface area contributed by atoms with Crippen LogP contribution in [0.2, 0.25) is 0 Å². The molecule has 1 N–H and O–H groups in total. The molecule has 0 fully saturated rings. The van der Waals surface area contributed by atoms with Crippen molar-refractivity contribution in [2.75, 3.05) is 0 Å². The monoisotopic (exact) mass is 430 g/mol. The molecule has 1 atom stereocenters. The van der Waals surface area contributed by atoms with Gasteiger partial charge in [-0.1, -0.05) is 94.5 Å². The third-order valence-corrected chi connectivity index (χ3v) is 5.49. The van der Waals surface area contributed by atoms with Crippen LogP contribution in [0.3, 0.4) is 0 Å². The summed E-state index contributed by atoms with van der Waals surface area (Å²) in [5.74, 6) is -0.696. The van der Waals surface area contributed by atoms with Gasteiger partial charge in [0.2, 0.25) is 5.91 Å². The van der Waals surface area contributed by atoms with E-state index >= 15 is 0 Å². The van der Waals surface area contributed by atoms with Crippen LogP contribution < -0.4 is 10.2 Å². The Hall–Kier alpha value is -2.44. The summed E-state index contributed by atoms with van der Waals surface area (Å²) in [4.78, 5) is 30.7. The fraction of sp³-hybridized carbons (Fsp3) is 0.667. The van der Waals surface area contributed by atoms with Gasteiger partial charge < -0.3 is 10.2 Å². The summed E-state index contributed by atoms with van der Waals surface area (Å²) in [6, 6.07) is 6.46. The number of para-hydroxylation sites is 1. The average molecular weight is 431 g/mol. The maximum Gasteiger partial charge on any atom is 0.356 e. The number of benzene rings is 1. The highest BCUT2D eigenvalue weighted by Gasteiger charge is 2.19. The van der Waals surface area contributed by atoms with E-state index in [1.807, 2.05) is 12.1 Å². The molecule has 0 aliphatic carbocycles. The number of rotatable bonds is 16. The lowest BCUT2D eigenvalue weighted by Crippen LogP contribution is -2.42. The number of hydrogen-bond donors (Lipinski definition) is 1. The molecule has 0 saturated heterocycles. The third-order valence-electron chi connectivity index (χ3n) is 5.49. The van der Waals surface area contributed by atoms with Crippen LogP contribution in [0.1, 0.15) is 97.3 Å². The van der Waals surface area contributed by atoms with Gasteiger partial charge in [-0.25, -0.2) is 4.79 Å². The molecule has 7 nitrogen and oxygen atoms in total. The Morgan fingerprint density at radius 2 is 1.52 bits per heavy atom. The van der Waals surface area contributed by atoms with E-state index in [0.717, 1.165) is 17.7 Å². The Balaban J connectivity index is 1.50. The highest BCUT2D eigenvalue weighted by atomic mass is 16.7. The molecule has 0 aliphatic rings. The molecule has 1 aromatic heterocycles. The normalized spacial score (nSPS) is 12.1. The van der Waals surface area contributed by atoms with Gasteiger partial charge >= 0.3 is 5.97 Å². The lowest BCUT2D eigenvalue weighted by Gasteiger charge is -2.12. The summed E-state index contributed by atoms with van der Waals surface area (Å²) >= 11 is 0. The summed E-state index contributed by atoms with van der Waals surface area (Å²) < 4.78 is 0. The van der Waals surface area contributed by atoms with E-state index in [2.05, 4.69) is 22.6 Å². The van der Waals surface area contributed by atoms with Gasteiger partial charge in [-0.05, 0) is 30.7 Å². The molecule has 0 bridgehead atoms. The molecule has 172 valence electrons. The molecule has 2 rings (SSSR count). The number of nitrogens with zero attached hydrogens (tertiary/aromatic N) is 3. The van der Waals surface area contributed by atoms with Crippen molar-refractivity contribution in [1.82, 2.24) is 20.5 Å². The number of fused-ring (bicyclic) bond motifs is 1. The molecule has 0 aliphatic heterocycles. The molecule has 0 unspecified atom stereocenters. The minimum Gasteiger partial charge on any atom is -0.343 e. The van der Waals surface area contributed by atoms with Crippen LogP contribution in [0.15, 0.2) is 24.3 Å². The predicted molar refractivity (Wildman–Crippen MR) is 122 cm³/mol. The second-order valence-corrected chi connectivity index (χ2v) is 8.29. The van der Waals surface area contributed by atoms with Crippen LogP contribution in [-0.4, -0.2) is 33.1 Å². The first-order valence-corrected chi connectivity index (χ1v) is 11.9. The highest BCUT2D eigenvalue weighted by molar-refractivity contribution is 5.84. The number of nitrogens with one attached hydrogen (secondary N) is 1. The van der Waals surface area contributed by atoms with Gasteiger partial charge in [0.25, 0.3) is 0 Å². The molecule has 2 aromatic rings. The Labute approximate surface area is 185 Å². The lowest BCUT2D eigenvalue weighted by molar-refractivity contribution is -0.149. The van der Waals surface area contributed by atoms with Gasteiger partial charge in [0.15, 0.2) is 0 Å². The first-order chi connectivity index (χ1) is 15.1. The summed E-state index contributed by atoms with van der Waals surface area (Å²) in [5.41, 5.74) is 1.24. The fourth-order valence-corrected chi connectivity index (χ4v) is 3.58. The Morgan fingerprint density at radius 3 is 2.16 bits per heavy atom. The Bertz CT molecular complexity index is 790. The molecule has 31 heavy (non-hydrogen) atoms. The largest absolute Gasteiger partial charge is 0.356 e. The van der Waals surface area contributed by atoms with E-state index in [1.54, 1.807) is 19.1 Å². The van der Waals surface area contributed by atoms with Gasteiger partial charge in [-0.15, -0.1) is 5.10 Å². The van der Waals surface area contributed by atoms with Gasteiger partial charge in [0.1, 0.15) is 17.1 Å². The maximum atomic E-state index is 12.2. The van der Waals surface area contributed by atoms with Crippen LogP contribution >= 0.6 is 0 Å². The molecule has 1 aromatic carbocycles. The van der Waals surface area contributed by atoms with Crippen molar-refractivity contribution >= 4 is 22.9 Å². The molecule has 1 amide bonds. The van der Waals surface area contributed by atoms with Crippen LogP contribution in [-0.2, 0) is 9.59 Å². The van der Waals surface area contributed by atoms with E-state index in [0.29, 0.717) is 17.5 Å². The summed E-state index contributed by atoms with van der Waals surface area (Å²) in [6.45, 7) is 3.86. The zero-order chi connectivity index (χ0) is 22.3. The predicted octanol–water partition coefficient (Wildman–Crippen LogP) is 4.98. The Morgan fingerprint density at radius 1 is 0.935 bits per heavy atom. The minimum absolute atomic E-state index is 0.125. The maximum absolute atomic E-state index is 12.2. The molecule has 7 heteroatoms. The third kappa shape index (κ3) is 9.49. The zero-order valence-electron chi connectivity index (χ0n) is 19.1. The van der Waals surface area contributed by atoms with Crippen molar-refractivity contribution in [2.24, 2.45) is 0 Å². The van der Waals surface area contributed by atoms with Crippen molar-refractivity contribution in [3.8, 4) is 0 Å². The number of carbonyl (C=O) groups is 2. The van der Waals surface area contributed by atoms with E-state index in [1.165, 1.54) is 64.2 Å². The van der Waals surface area contributed by atoms with Crippen molar-refractivity contribution < 1.29 is 14.4 Å². The smallest absolute Gasteiger partial charge is 0.343 e. The summed E-state index contributed by atoms with van der Waals surface area (Å²) in [7, 11) is 0. The quantitative estimate of drug-likeness (QED) is 0.300. The van der Waals surface area contributed by atoms with Gasteiger partial charge in [0, 0.05) is 6.42 Å². The van der Waals surface area contributed by atoms with Crippen LogP contribution in [0.4, 0.5) is 0 Å². The molecule has 0 radical (unpaired) electrons. The summed E-state index contributed by atoms with van der Waals surface area (Å²) in [5, 5.41) is 10.5. The van der Waals surface area contributed by atoms with Crippen LogP contribution in [0.5, 0.6) is 0 Å². The molecule has 0 spiro atoms. The number of hydrogen-bond acceptors (Lipinski definition) is 5. The van der Waals surface area contributed by atoms with Crippen LogP contribution in [0, 0.1) is 0 Å². The first kappa shape index (κ1) is 24.8. The molecule has 0 saturated carbocycles. The standard InChI is InChI=1S/C24H38N4O3/c1-3-4-5-6-7-8-9-10-11-12-13-14-19-23(29)25-20(2)24(30)31-28-22-18-16-15-17-21(22)26-27-28/h15-18,20H,3-14,19H2,1-2H3,(H,25,29)/t20-/m0/s1. The SMILES string of the molecule is CCCCCCCCCCCCCCC(=O)N[C@@H](C)C(=O)On1nnc2ccccc21. The van der Waals surface area contributed by atoms with E-state index in [4.69, 9.17) is 4.84 Å². The lowest BCUT2D eigenvalue weighted by atomic mass is 10.0.